The first kappa shape index (κ1) is 13.8. The number of hydrogen-bond acceptors (Lipinski definition) is 3. The number of carbonyl (C=O) groups is 2. The number of ether oxygens (including phenoxy) is 1. The molecule has 0 aromatic rings. The molecule has 5 heteroatoms. The van der Waals surface area contributed by atoms with Gasteiger partial charge in [0.1, 0.15) is 6.04 Å². The van der Waals surface area contributed by atoms with Crippen molar-refractivity contribution in [2.24, 2.45) is 0 Å². The summed E-state index contributed by atoms with van der Waals surface area (Å²) < 4.78 is 4.74. The molecule has 0 radical (unpaired) electrons. The van der Waals surface area contributed by atoms with E-state index in [0.717, 1.165) is 6.42 Å². The number of likely N-dealkylation sites (tertiary alicyclic amines) is 1. The molecule has 0 spiro atoms. The zero-order valence-corrected chi connectivity index (χ0v) is 11.1. The molecule has 98 valence electrons. The molecule has 1 fully saturated rings. The normalized spacial score (nSPS) is 19.6. The molecule has 5 nitrogen and oxygen atoms in total. The highest BCUT2D eigenvalue weighted by Gasteiger charge is 2.37. The van der Waals surface area contributed by atoms with Gasteiger partial charge in [-0.1, -0.05) is 0 Å². The van der Waals surface area contributed by atoms with Gasteiger partial charge >= 0.3 is 12.0 Å². The van der Waals surface area contributed by atoms with Crippen molar-refractivity contribution in [3.05, 3.63) is 0 Å². The summed E-state index contributed by atoms with van der Waals surface area (Å²) in [6.07, 6.45) is 1.56. The summed E-state index contributed by atoms with van der Waals surface area (Å²) in [5.74, 6) is -0.310. The molecular formula is C12H22N2O3. The molecule has 0 unspecified atom stereocenters. The van der Waals surface area contributed by atoms with Crippen molar-refractivity contribution in [3.8, 4) is 0 Å². The number of esters is 1. The van der Waals surface area contributed by atoms with Crippen LogP contribution in [-0.4, -0.2) is 54.1 Å². The van der Waals surface area contributed by atoms with Crippen molar-refractivity contribution in [1.82, 2.24) is 9.80 Å². The molecular weight excluding hydrogens is 220 g/mol. The standard InChI is InChI=1S/C12H22N2O3/c1-5-13(9(2)3)12(16)14-8-6-7-10(14)11(15)17-4/h9-10H,5-8H2,1-4H3/t10-/m0/s1. The third kappa shape index (κ3) is 2.90. The monoisotopic (exact) mass is 242 g/mol. The minimum atomic E-state index is -0.403. The number of nitrogens with zero attached hydrogens (tertiary/aromatic N) is 2. The number of urea groups is 1. The Morgan fingerprint density at radius 1 is 1.47 bits per heavy atom. The maximum atomic E-state index is 12.3. The molecule has 0 saturated carbocycles. The van der Waals surface area contributed by atoms with Gasteiger partial charge in [0.05, 0.1) is 7.11 Å². The number of hydrogen-bond donors (Lipinski definition) is 0. The predicted octanol–water partition coefficient (Wildman–Crippen LogP) is 1.47. The molecule has 1 atom stereocenters. The average molecular weight is 242 g/mol. The molecule has 1 aliphatic rings. The van der Waals surface area contributed by atoms with Crippen LogP contribution in [0, 0.1) is 0 Å². The Hall–Kier alpha value is -1.26. The summed E-state index contributed by atoms with van der Waals surface area (Å²) in [4.78, 5) is 27.3. The largest absolute Gasteiger partial charge is 0.467 e. The lowest BCUT2D eigenvalue weighted by Gasteiger charge is -2.32. The summed E-state index contributed by atoms with van der Waals surface area (Å²) in [5, 5.41) is 0. The lowest BCUT2D eigenvalue weighted by atomic mass is 10.2. The van der Waals surface area contributed by atoms with Crippen LogP contribution in [-0.2, 0) is 9.53 Å². The van der Waals surface area contributed by atoms with E-state index in [9.17, 15) is 9.59 Å². The van der Waals surface area contributed by atoms with Crippen molar-refractivity contribution < 1.29 is 14.3 Å². The molecule has 0 aromatic heterocycles. The maximum absolute atomic E-state index is 12.3. The van der Waals surface area contributed by atoms with Gasteiger partial charge in [0.2, 0.25) is 0 Å². The van der Waals surface area contributed by atoms with Gasteiger partial charge in [-0.05, 0) is 33.6 Å². The van der Waals surface area contributed by atoms with E-state index in [4.69, 9.17) is 4.74 Å². The fourth-order valence-corrected chi connectivity index (χ4v) is 2.26. The molecule has 1 saturated heterocycles. The summed E-state index contributed by atoms with van der Waals surface area (Å²) in [5.41, 5.74) is 0. The Morgan fingerprint density at radius 3 is 2.59 bits per heavy atom. The van der Waals surface area contributed by atoms with Crippen LogP contribution < -0.4 is 0 Å². The van der Waals surface area contributed by atoms with E-state index in [-0.39, 0.29) is 18.0 Å². The molecule has 2 amide bonds. The smallest absolute Gasteiger partial charge is 0.328 e. The van der Waals surface area contributed by atoms with Crippen LogP contribution in [0.4, 0.5) is 4.79 Å². The van der Waals surface area contributed by atoms with Gasteiger partial charge in [-0.2, -0.15) is 0 Å². The molecule has 1 heterocycles. The highest BCUT2D eigenvalue weighted by atomic mass is 16.5. The lowest BCUT2D eigenvalue weighted by Crippen LogP contribution is -2.50. The molecule has 1 rings (SSSR count). The van der Waals surface area contributed by atoms with E-state index in [1.54, 1.807) is 9.80 Å². The minimum absolute atomic E-state index is 0.0598. The van der Waals surface area contributed by atoms with Gasteiger partial charge < -0.3 is 14.5 Å². The fraction of sp³-hybridized carbons (Fsp3) is 0.833. The molecule has 1 aliphatic heterocycles. The number of methoxy groups -OCH3 is 1. The van der Waals surface area contributed by atoms with E-state index < -0.39 is 6.04 Å². The quantitative estimate of drug-likeness (QED) is 0.704. The zero-order chi connectivity index (χ0) is 13.0. The van der Waals surface area contributed by atoms with Crippen molar-refractivity contribution in [1.29, 1.82) is 0 Å². The van der Waals surface area contributed by atoms with Crippen LogP contribution in [0.15, 0.2) is 0 Å². The van der Waals surface area contributed by atoms with Crippen LogP contribution in [0.1, 0.15) is 33.6 Å². The van der Waals surface area contributed by atoms with Crippen LogP contribution in [0.5, 0.6) is 0 Å². The third-order valence-electron chi connectivity index (χ3n) is 3.18. The van der Waals surface area contributed by atoms with Gasteiger partial charge in [-0.25, -0.2) is 9.59 Å². The van der Waals surface area contributed by atoms with Crippen LogP contribution >= 0.6 is 0 Å². The molecule has 0 N–H and O–H groups in total. The molecule has 0 aliphatic carbocycles. The summed E-state index contributed by atoms with van der Waals surface area (Å²) >= 11 is 0. The first-order valence-electron chi connectivity index (χ1n) is 6.18. The second-order valence-electron chi connectivity index (χ2n) is 4.54. The van der Waals surface area contributed by atoms with E-state index >= 15 is 0 Å². The Morgan fingerprint density at radius 2 is 2.12 bits per heavy atom. The maximum Gasteiger partial charge on any atom is 0.328 e. The first-order chi connectivity index (χ1) is 8.02. The van der Waals surface area contributed by atoms with Gasteiger partial charge in [0, 0.05) is 19.1 Å². The molecule has 0 aromatic carbocycles. The highest BCUT2D eigenvalue weighted by molar-refractivity contribution is 5.84. The second kappa shape index (κ2) is 5.89. The van der Waals surface area contributed by atoms with Crippen molar-refractivity contribution >= 4 is 12.0 Å². The van der Waals surface area contributed by atoms with Crippen molar-refractivity contribution in [3.63, 3.8) is 0 Å². The van der Waals surface area contributed by atoms with Crippen LogP contribution in [0.2, 0.25) is 0 Å². The lowest BCUT2D eigenvalue weighted by molar-refractivity contribution is -0.145. The summed E-state index contributed by atoms with van der Waals surface area (Å²) in [6, 6.07) is -0.318. The SMILES string of the molecule is CCN(C(=O)N1CCC[C@H]1C(=O)OC)C(C)C. The minimum Gasteiger partial charge on any atom is -0.467 e. The number of rotatable bonds is 3. The van der Waals surface area contributed by atoms with Crippen molar-refractivity contribution in [2.75, 3.05) is 20.2 Å². The molecule has 0 bridgehead atoms. The second-order valence-corrected chi connectivity index (χ2v) is 4.54. The summed E-state index contributed by atoms with van der Waals surface area (Å²) in [7, 11) is 1.36. The van der Waals surface area contributed by atoms with E-state index in [1.165, 1.54) is 7.11 Å². The summed E-state index contributed by atoms with van der Waals surface area (Å²) in [6.45, 7) is 7.19. The zero-order valence-electron chi connectivity index (χ0n) is 11.1. The highest BCUT2D eigenvalue weighted by Crippen LogP contribution is 2.20. The third-order valence-corrected chi connectivity index (χ3v) is 3.18. The Kier molecular flexibility index (Phi) is 4.78. The van der Waals surface area contributed by atoms with E-state index in [2.05, 4.69) is 0 Å². The first-order valence-corrected chi connectivity index (χ1v) is 6.18. The fourth-order valence-electron chi connectivity index (χ4n) is 2.26. The Balaban J connectivity index is 2.76. The van der Waals surface area contributed by atoms with Crippen LogP contribution in [0.25, 0.3) is 0 Å². The average Bonchev–Trinajstić information content (AvgIpc) is 2.77. The van der Waals surface area contributed by atoms with Crippen LogP contribution in [0.3, 0.4) is 0 Å². The van der Waals surface area contributed by atoms with E-state index in [1.807, 2.05) is 20.8 Å². The van der Waals surface area contributed by atoms with Gasteiger partial charge in [0.15, 0.2) is 0 Å². The predicted molar refractivity (Wildman–Crippen MR) is 64.7 cm³/mol. The van der Waals surface area contributed by atoms with Crippen molar-refractivity contribution in [2.45, 2.75) is 45.7 Å². The van der Waals surface area contributed by atoms with Gasteiger partial charge in [-0.3, -0.25) is 0 Å². The Labute approximate surface area is 103 Å². The van der Waals surface area contributed by atoms with Gasteiger partial charge in [0.25, 0.3) is 0 Å². The Bertz CT molecular complexity index is 291. The molecule has 17 heavy (non-hydrogen) atoms. The van der Waals surface area contributed by atoms with Gasteiger partial charge in [-0.15, -0.1) is 0 Å². The number of carbonyl (C=O) groups excluding carboxylic acids is 2. The van der Waals surface area contributed by atoms with E-state index in [0.29, 0.717) is 19.5 Å². The number of amides is 2. The topological polar surface area (TPSA) is 49.9 Å².